The topological polar surface area (TPSA) is 61.4 Å². The Bertz CT molecular complexity index is 644. The molecule has 0 radical (unpaired) electrons. The molecule has 1 aromatic carbocycles. The Morgan fingerprint density at radius 3 is 2.50 bits per heavy atom. The van der Waals surface area contributed by atoms with Crippen molar-refractivity contribution in [2.45, 2.75) is 56.7 Å². The summed E-state index contributed by atoms with van der Waals surface area (Å²) >= 11 is 0. The van der Waals surface area contributed by atoms with Crippen molar-refractivity contribution in [3.05, 3.63) is 29.8 Å². The zero-order chi connectivity index (χ0) is 16.7. The van der Waals surface area contributed by atoms with Crippen LogP contribution in [0.5, 0.6) is 0 Å². The second-order valence-corrected chi connectivity index (χ2v) is 7.52. The van der Waals surface area contributed by atoms with Gasteiger partial charge in [-0.05, 0) is 56.7 Å². The van der Waals surface area contributed by atoms with Crippen LogP contribution in [0.1, 0.15) is 48.9 Å². The maximum atomic E-state index is 12.9. The second kappa shape index (κ2) is 6.20. The molecule has 0 aromatic heterocycles. The summed E-state index contributed by atoms with van der Waals surface area (Å²) in [6.07, 6.45) is 6.49. The van der Waals surface area contributed by atoms with Gasteiger partial charge in [0.25, 0.3) is 5.91 Å². The molecule has 1 saturated carbocycles. The Morgan fingerprint density at radius 2 is 1.83 bits per heavy atom. The highest BCUT2D eigenvalue weighted by Crippen LogP contribution is 2.31. The van der Waals surface area contributed by atoms with Crippen molar-refractivity contribution in [2.75, 3.05) is 12.4 Å². The molecule has 2 unspecified atom stereocenters. The zero-order valence-electron chi connectivity index (χ0n) is 14.1. The van der Waals surface area contributed by atoms with Gasteiger partial charge in [-0.2, -0.15) is 0 Å². The number of hydrogen-bond donors (Lipinski definition) is 2. The van der Waals surface area contributed by atoms with Crippen molar-refractivity contribution in [3.63, 3.8) is 0 Å². The highest BCUT2D eigenvalue weighted by Gasteiger charge is 2.36. The van der Waals surface area contributed by atoms with Gasteiger partial charge in [0.15, 0.2) is 0 Å². The number of fused-ring (bicyclic) bond motifs is 2. The van der Waals surface area contributed by atoms with Crippen molar-refractivity contribution < 1.29 is 9.59 Å². The van der Waals surface area contributed by atoms with Crippen molar-refractivity contribution in [2.24, 2.45) is 5.92 Å². The lowest BCUT2D eigenvalue weighted by atomic mass is 9.98. The summed E-state index contributed by atoms with van der Waals surface area (Å²) in [4.78, 5) is 26.7. The lowest BCUT2D eigenvalue weighted by Crippen LogP contribution is -2.48. The number of carbonyl (C=O) groups is 2. The fourth-order valence-corrected chi connectivity index (χ4v) is 4.03. The van der Waals surface area contributed by atoms with E-state index in [1.54, 1.807) is 6.07 Å². The van der Waals surface area contributed by atoms with Crippen molar-refractivity contribution in [3.8, 4) is 0 Å². The zero-order valence-corrected chi connectivity index (χ0v) is 14.1. The van der Waals surface area contributed by atoms with Gasteiger partial charge in [0.05, 0.1) is 0 Å². The van der Waals surface area contributed by atoms with E-state index in [1.165, 1.54) is 12.8 Å². The normalized spacial score (nSPS) is 28.5. The Balaban J connectivity index is 1.44. The molecule has 5 nitrogen and oxygen atoms in total. The lowest BCUT2D eigenvalue weighted by molar-refractivity contribution is -0.117. The Labute approximate surface area is 142 Å². The van der Waals surface area contributed by atoms with Crippen LogP contribution in [0.3, 0.4) is 0 Å². The molecule has 1 aliphatic carbocycles. The Morgan fingerprint density at radius 1 is 1.12 bits per heavy atom. The molecule has 3 fully saturated rings. The molecule has 2 aliphatic heterocycles. The van der Waals surface area contributed by atoms with E-state index >= 15 is 0 Å². The molecule has 2 N–H and O–H groups in total. The smallest absolute Gasteiger partial charge is 0.253 e. The van der Waals surface area contributed by atoms with E-state index in [1.807, 2.05) is 30.1 Å². The summed E-state index contributed by atoms with van der Waals surface area (Å²) in [5, 5.41) is 6.54. The first kappa shape index (κ1) is 15.6. The molecule has 5 heteroatoms. The summed E-state index contributed by atoms with van der Waals surface area (Å²) in [5.41, 5.74) is 1.37. The van der Waals surface area contributed by atoms with Crippen LogP contribution >= 0.6 is 0 Å². The number of anilines is 1. The van der Waals surface area contributed by atoms with E-state index in [2.05, 4.69) is 10.6 Å². The summed E-state index contributed by atoms with van der Waals surface area (Å²) in [6, 6.07) is 8.76. The fraction of sp³-hybridized carbons (Fsp3) is 0.579. The predicted molar refractivity (Wildman–Crippen MR) is 92.9 cm³/mol. The van der Waals surface area contributed by atoms with Crippen LogP contribution in [0.25, 0.3) is 0 Å². The largest absolute Gasteiger partial charge is 0.339 e. The van der Waals surface area contributed by atoms with Crippen LogP contribution in [0.15, 0.2) is 24.3 Å². The summed E-state index contributed by atoms with van der Waals surface area (Å²) in [5.74, 6) is 0.281. The van der Waals surface area contributed by atoms with Crippen molar-refractivity contribution in [1.82, 2.24) is 10.2 Å². The number of hydrogen-bond acceptors (Lipinski definition) is 3. The SMILES string of the molecule is CN(C(=O)c1cccc(NC(=O)C2CC2)c1)C1CC2CCC(C1)N2. The van der Waals surface area contributed by atoms with Gasteiger partial charge in [-0.1, -0.05) is 6.07 Å². The van der Waals surface area contributed by atoms with Crippen LogP contribution in [-0.2, 0) is 4.79 Å². The molecule has 2 amide bonds. The monoisotopic (exact) mass is 327 g/mol. The average molecular weight is 327 g/mol. The third-order valence-electron chi connectivity index (χ3n) is 5.64. The summed E-state index contributed by atoms with van der Waals surface area (Å²) in [7, 11) is 1.91. The van der Waals surface area contributed by atoms with Crippen LogP contribution in [0, 0.1) is 5.92 Å². The van der Waals surface area contributed by atoms with E-state index in [9.17, 15) is 9.59 Å². The van der Waals surface area contributed by atoms with Crippen LogP contribution < -0.4 is 10.6 Å². The first-order valence-corrected chi connectivity index (χ1v) is 9.04. The van der Waals surface area contributed by atoms with E-state index in [0.29, 0.717) is 23.7 Å². The van der Waals surface area contributed by atoms with Gasteiger partial charge < -0.3 is 15.5 Å². The minimum absolute atomic E-state index is 0.0452. The molecule has 4 rings (SSSR count). The van der Waals surface area contributed by atoms with Gasteiger partial charge in [-0.3, -0.25) is 9.59 Å². The van der Waals surface area contributed by atoms with Crippen LogP contribution in [-0.4, -0.2) is 41.9 Å². The summed E-state index contributed by atoms with van der Waals surface area (Å²) < 4.78 is 0. The van der Waals surface area contributed by atoms with Crippen molar-refractivity contribution >= 4 is 17.5 Å². The number of nitrogens with zero attached hydrogens (tertiary/aromatic N) is 1. The number of nitrogens with one attached hydrogen (secondary N) is 2. The first-order valence-electron chi connectivity index (χ1n) is 9.04. The van der Waals surface area contributed by atoms with Gasteiger partial charge >= 0.3 is 0 Å². The molecular weight excluding hydrogens is 302 g/mol. The minimum Gasteiger partial charge on any atom is -0.339 e. The Kier molecular flexibility index (Phi) is 4.04. The third kappa shape index (κ3) is 3.18. The molecule has 2 atom stereocenters. The fourth-order valence-electron chi connectivity index (χ4n) is 4.03. The number of amides is 2. The molecule has 2 saturated heterocycles. The highest BCUT2D eigenvalue weighted by molar-refractivity contribution is 5.98. The molecule has 2 heterocycles. The minimum atomic E-state index is 0.0452. The molecule has 128 valence electrons. The van der Waals surface area contributed by atoms with Gasteiger partial charge in [-0.15, -0.1) is 0 Å². The lowest BCUT2D eigenvalue weighted by Gasteiger charge is -2.35. The first-order chi connectivity index (χ1) is 11.6. The number of rotatable bonds is 4. The maximum absolute atomic E-state index is 12.9. The molecule has 24 heavy (non-hydrogen) atoms. The Hall–Kier alpha value is -1.88. The van der Waals surface area contributed by atoms with E-state index in [-0.39, 0.29) is 17.7 Å². The maximum Gasteiger partial charge on any atom is 0.253 e. The number of piperidine rings is 1. The second-order valence-electron chi connectivity index (χ2n) is 7.52. The highest BCUT2D eigenvalue weighted by atomic mass is 16.2. The van der Waals surface area contributed by atoms with Gasteiger partial charge in [-0.25, -0.2) is 0 Å². The average Bonchev–Trinajstić information content (AvgIpc) is 3.39. The van der Waals surface area contributed by atoms with Gasteiger partial charge in [0.2, 0.25) is 5.91 Å². The van der Waals surface area contributed by atoms with Crippen molar-refractivity contribution in [1.29, 1.82) is 0 Å². The molecule has 1 aromatic rings. The molecular formula is C19H25N3O2. The number of carbonyl (C=O) groups excluding carboxylic acids is 2. The third-order valence-corrected chi connectivity index (χ3v) is 5.64. The molecule has 3 aliphatic rings. The molecule has 0 spiro atoms. The number of benzene rings is 1. The van der Waals surface area contributed by atoms with Crippen LogP contribution in [0.2, 0.25) is 0 Å². The van der Waals surface area contributed by atoms with Gasteiger partial charge in [0.1, 0.15) is 0 Å². The van der Waals surface area contributed by atoms with Gasteiger partial charge in [0, 0.05) is 42.3 Å². The van der Waals surface area contributed by atoms with E-state index in [4.69, 9.17) is 0 Å². The molecule has 2 bridgehead atoms. The quantitative estimate of drug-likeness (QED) is 0.892. The van der Waals surface area contributed by atoms with E-state index < -0.39 is 0 Å². The van der Waals surface area contributed by atoms with Crippen LogP contribution in [0.4, 0.5) is 5.69 Å². The van der Waals surface area contributed by atoms with E-state index in [0.717, 1.165) is 31.4 Å². The standard InChI is InChI=1S/C19H25N3O2/c1-22(17-10-15-7-8-16(11-17)20-15)19(24)13-3-2-4-14(9-13)21-18(23)12-5-6-12/h2-4,9,12,15-17,20H,5-8,10-11H2,1H3,(H,21,23). The summed E-state index contributed by atoms with van der Waals surface area (Å²) in [6.45, 7) is 0. The predicted octanol–water partition coefficient (Wildman–Crippen LogP) is 2.39.